The highest BCUT2D eigenvalue weighted by Crippen LogP contribution is 2.51. The van der Waals surface area contributed by atoms with Gasteiger partial charge in [0.15, 0.2) is 0 Å². The van der Waals surface area contributed by atoms with Crippen molar-refractivity contribution >= 4 is 15.9 Å². The molecule has 1 saturated heterocycles. The van der Waals surface area contributed by atoms with Gasteiger partial charge in [0.2, 0.25) is 15.9 Å². The van der Waals surface area contributed by atoms with Crippen LogP contribution in [0.5, 0.6) is 0 Å². The van der Waals surface area contributed by atoms with E-state index in [-0.39, 0.29) is 29.3 Å². The van der Waals surface area contributed by atoms with Crippen LogP contribution in [0, 0.1) is 5.92 Å². The van der Waals surface area contributed by atoms with Gasteiger partial charge in [-0.25, -0.2) is 21.9 Å². The van der Waals surface area contributed by atoms with Crippen molar-refractivity contribution in [2.24, 2.45) is 5.92 Å². The van der Waals surface area contributed by atoms with Crippen molar-refractivity contribution in [1.29, 1.82) is 0 Å². The topological polar surface area (TPSA) is 66.5 Å². The van der Waals surface area contributed by atoms with Crippen molar-refractivity contribution in [3.63, 3.8) is 0 Å². The van der Waals surface area contributed by atoms with Crippen LogP contribution in [0.1, 0.15) is 42.7 Å². The maximum Gasteiger partial charge on any atom is 0.263 e. The molecule has 0 bridgehead atoms. The SMILES string of the molecule is CS(=O)(=O)NC1CCCN(C(=O)C2CC2c2ccc(C(F)F)cc2-c2ccccc2)C1. The number of sulfonamides is 1. The van der Waals surface area contributed by atoms with Crippen LogP contribution in [0.4, 0.5) is 8.78 Å². The van der Waals surface area contributed by atoms with Gasteiger partial charge in [0.25, 0.3) is 6.43 Å². The molecule has 0 aromatic heterocycles. The molecule has 5 nitrogen and oxygen atoms in total. The summed E-state index contributed by atoms with van der Waals surface area (Å²) in [4.78, 5) is 14.8. The summed E-state index contributed by atoms with van der Waals surface area (Å²) in [7, 11) is -3.33. The van der Waals surface area contributed by atoms with E-state index >= 15 is 0 Å². The quantitative estimate of drug-likeness (QED) is 0.728. The Bertz CT molecular complexity index is 1060. The summed E-state index contributed by atoms with van der Waals surface area (Å²) in [5.41, 5.74) is 2.48. The number of benzene rings is 2. The number of piperidine rings is 1. The number of carbonyl (C=O) groups is 1. The standard InChI is InChI=1S/C23H26F2N2O3S/c1-31(29,30)26-17-8-5-11-27(14-17)23(28)21-13-20(21)18-10-9-16(22(24)25)12-19(18)15-6-3-2-4-7-15/h2-4,6-7,9-10,12,17,20-22,26H,5,8,11,13-14H2,1H3. The number of nitrogens with zero attached hydrogens (tertiary/aromatic N) is 1. The number of rotatable bonds is 6. The molecule has 3 atom stereocenters. The van der Waals surface area contributed by atoms with Gasteiger partial charge < -0.3 is 4.90 Å². The van der Waals surface area contributed by atoms with Gasteiger partial charge in [-0.05, 0) is 47.9 Å². The molecule has 0 radical (unpaired) electrons. The highest BCUT2D eigenvalue weighted by molar-refractivity contribution is 7.88. The summed E-state index contributed by atoms with van der Waals surface area (Å²) in [6.07, 6.45) is 0.694. The lowest BCUT2D eigenvalue weighted by atomic mass is 9.93. The highest BCUT2D eigenvalue weighted by atomic mass is 32.2. The second-order valence-corrected chi connectivity index (χ2v) is 10.3. The molecular weight excluding hydrogens is 422 g/mol. The molecule has 2 aromatic carbocycles. The molecule has 1 aliphatic carbocycles. The van der Waals surface area contributed by atoms with Crippen LogP contribution in [-0.4, -0.2) is 44.6 Å². The Morgan fingerprint density at radius 2 is 1.90 bits per heavy atom. The third-order valence-corrected chi connectivity index (χ3v) is 6.80. The number of alkyl halides is 2. The molecule has 3 unspecified atom stereocenters. The zero-order chi connectivity index (χ0) is 22.2. The first-order valence-electron chi connectivity index (χ1n) is 10.5. The molecule has 1 amide bonds. The average Bonchev–Trinajstić information content (AvgIpc) is 3.53. The van der Waals surface area contributed by atoms with Crippen molar-refractivity contribution in [2.45, 2.75) is 37.6 Å². The number of nitrogens with one attached hydrogen (secondary N) is 1. The molecule has 8 heteroatoms. The first-order chi connectivity index (χ1) is 14.7. The third kappa shape index (κ3) is 5.13. The number of halogens is 2. The lowest BCUT2D eigenvalue weighted by Crippen LogP contribution is -2.49. The third-order valence-electron chi connectivity index (χ3n) is 6.04. The fourth-order valence-corrected chi connectivity index (χ4v) is 5.32. The van der Waals surface area contributed by atoms with Gasteiger partial charge in [0.1, 0.15) is 0 Å². The minimum Gasteiger partial charge on any atom is -0.341 e. The molecule has 31 heavy (non-hydrogen) atoms. The molecule has 1 N–H and O–H groups in total. The molecule has 1 heterocycles. The van der Waals surface area contributed by atoms with Crippen molar-refractivity contribution in [3.8, 4) is 11.1 Å². The van der Waals surface area contributed by atoms with E-state index in [0.717, 1.165) is 29.4 Å². The smallest absolute Gasteiger partial charge is 0.263 e. The van der Waals surface area contributed by atoms with E-state index in [1.807, 2.05) is 30.3 Å². The van der Waals surface area contributed by atoms with Crippen molar-refractivity contribution in [2.75, 3.05) is 19.3 Å². The fraction of sp³-hybridized carbons (Fsp3) is 0.435. The molecule has 166 valence electrons. The predicted molar refractivity (Wildman–Crippen MR) is 115 cm³/mol. The Balaban J connectivity index is 1.53. The fourth-order valence-electron chi connectivity index (χ4n) is 4.52. The molecule has 1 saturated carbocycles. The minimum atomic E-state index is -3.33. The van der Waals surface area contributed by atoms with E-state index in [2.05, 4.69) is 4.72 Å². The van der Waals surface area contributed by atoms with Crippen LogP contribution in [-0.2, 0) is 14.8 Å². The van der Waals surface area contributed by atoms with E-state index in [1.165, 1.54) is 12.1 Å². The lowest BCUT2D eigenvalue weighted by Gasteiger charge is -2.33. The maximum absolute atomic E-state index is 13.3. The molecular formula is C23H26F2N2O3S. The molecule has 2 aromatic rings. The second-order valence-electron chi connectivity index (χ2n) is 8.48. The molecule has 2 fully saturated rings. The number of hydrogen-bond acceptors (Lipinski definition) is 3. The summed E-state index contributed by atoms with van der Waals surface area (Å²) in [6.45, 7) is 0.977. The van der Waals surface area contributed by atoms with E-state index in [1.54, 1.807) is 11.0 Å². The Morgan fingerprint density at radius 1 is 1.16 bits per heavy atom. The number of amides is 1. The monoisotopic (exact) mass is 448 g/mol. The van der Waals surface area contributed by atoms with E-state index in [0.29, 0.717) is 25.9 Å². The summed E-state index contributed by atoms with van der Waals surface area (Å²) < 4.78 is 52.3. The van der Waals surface area contributed by atoms with Crippen molar-refractivity contribution in [1.82, 2.24) is 9.62 Å². The normalized spacial score (nSPS) is 23.7. The molecule has 2 aliphatic rings. The Kier molecular flexibility index (Phi) is 6.12. The van der Waals surface area contributed by atoms with Gasteiger partial charge in [-0.3, -0.25) is 4.79 Å². The Labute approximate surface area is 181 Å². The lowest BCUT2D eigenvalue weighted by molar-refractivity contribution is -0.133. The Morgan fingerprint density at radius 3 is 2.58 bits per heavy atom. The largest absolute Gasteiger partial charge is 0.341 e. The van der Waals surface area contributed by atoms with E-state index in [9.17, 15) is 22.0 Å². The van der Waals surface area contributed by atoms with Gasteiger partial charge in [0.05, 0.1) is 6.26 Å². The van der Waals surface area contributed by atoms with Crippen LogP contribution in [0.3, 0.4) is 0 Å². The van der Waals surface area contributed by atoms with Gasteiger partial charge in [-0.2, -0.15) is 0 Å². The van der Waals surface area contributed by atoms with Crippen LogP contribution in [0.25, 0.3) is 11.1 Å². The predicted octanol–water partition coefficient (Wildman–Crippen LogP) is 3.93. The van der Waals surface area contributed by atoms with E-state index < -0.39 is 16.4 Å². The molecule has 0 spiro atoms. The van der Waals surface area contributed by atoms with Crippen LogP contribution in [0.15, 0.2) is 48.5 Å². The zero-order valence-electron chi connectivity index (χ0n) is 17.3. The zero-order valence-corrected chi connectivity index (χ0v) is 18.1. The first kappa shape index (κ1) is 21.9. The summed E-state index contributed by atoms with van der Waals surface area (Å²) in [5.74, 6) is -0.198. The molecule has 1 aliphatic heterocycles. The van der Waals surface area contributed by atoms with Gasteiger partial charge >= 0.3 is 0 Å². The number of likely N-dealkylation sites (tertiary alicyclic amines) is 1. The van der Waals surface area contributed by atoms with Crippen LogP contribution in [0.2, 0.25) is 0 Å². The number of carbonyl (C=O) groups excluding carboxylic acids is 1. The summed E-state index contributed by atoms with van der Waals surface area (Å²) in [6, 6.07) is 13.8. The van der Waals surface area contributed by atoms with Gasteiger partial charge in [-0.1, -0.05) is 42.5 Å². The average molecular weight is 449 g/mol. The van der Waals surface area contributed by atoms with Gasteiger partial charge in [-0.15, -0.1) is 0 Å². The van der Waals surface area contributed by atoms with E-state index in [4.69, 9.17) is 0 Å². The van der Waals surface area contributed by atoms with Crippen molar-refractivity contribution in [3.05, 3.63) is 59.7 Å². The van der Waals surface area contributed by atoms with Crippen molar-refractivity contribution < 1.29 is 22.0 Å². The second kappa shape index (κ2) is 8.67. The van der Waals surface area contributed by atoms with Crippen LogP contribution < -0.4 is 4.72 Å². The number of hydrogen-bond donors (Lipinski definition) is 1. The molecule has 4 rings (SSSR count). The summed E-state index contributed by atoms with van der Waals surface area (Å²) >= 11 is 0. The Hall–Kier alpha value is -2.32. The maximum atomic E-state index is 13.3. The van der Waals surface area contributed by atoms with Gasteiger partial charge in [0, 0.05) is 30.6 Å². The first-order valence-corrected chi connectivity index (χ1v) is 12.4. The highest BCUT2D eigenvalue weighted by Gasteiger charge is 2.47. The minimum absolute atomic E-state index is 0.0157. The summed E-state index contributed by atoms with van der Waals surface area (Å²) in [5, 5.41) is 0. The van der Waals surface area contributed by atoms with Crippen LogP contribution >= 0.6 is 0 Å².